The minimum Gasteiger partial charge on any atom is -0.497 e. The van der Waals surface area contributed by atoms with E-state index in [0.29, 0.717) is 22.8 Å². The maximum Gasteiger partial charge on any atom is 0.244 e. The van der Waals surface area contributed by atoms with Crippen molar-refractivity contribution in [3.8, 4) is 23.0 Å². The van der Waals surface area contributed by atoms with E-state index in [2.05, 4.69) is 10.5 Å². The number of carbonyl (C=O) groups excluding carboxylic acids is 1. The second-order valence-electron chi connectivity index (χ2n) is 5.28. The highest BCUT2D eigenvalue weighted by Crippen LogP contribution is 2.37. The fourth-order valence-corrected chi connectivity index (χ4v) is 2.32. The molecule has 0 aliphatic heterocycles. The summed E-state index contributed by atoms with van der Waals surface area (Å²) in [5, 5.41) is 3.98. The molecule has 0 aliphatic carbocycles. The highest BCUT2D eigenvalue weighted by Gasteiger charge is 2.12. The minimum atomic E-state index is -0.223. The summed E-state index contributed by atoms with van der Waals surface area (Å²) in [6, 6.07) is 10.8. The zero-order valence-corrected chi connectivity index (χ0v) is 15.2. The van der Waals surface area contributed by atoms with Crippen LogP contribution in [0, 0.1) is 0 Å². The lowest BCUT2D eigenvalue weighted by Crippen LogP contribution is -2.19. The van der Waals surface area contributed by atoms with Crippen LogP contribution in [0.3, 0.4) is 0 Å². The van der Waals surface area contributed by atoms with Crippen LogP contribution >= 0.6 is 0 Å². The van der Waals surface area contributed by atoms with Gasteiger partial charge in [0.1, 0.15) is 5.75 Å². The van der Waals surface area contributed by atoms with Gasteiger partial charge in [0.25, 0.3) is 0 Å². The molecular weight excluding hydrogens is 336 g/mol. The van der Waals surface area contributed by atoms with Crippen molar-refractivity contribution < 1.29 is 23.7 Å². The third-order valence-corrected chi connectivity index (χ3v) is 3.61. The molecule has 2 aromatic carbocycles. The molecule has 2 aromatic rings. The topological polar surface area (TPSA) is 78.4 Å². The van der Waals surface area contributed by atoms with Gasteiger partial charge in [-0.15, -0.1) is 0 Å². The molecule has 0 radical (unpaired) electrons. The van der Waals surface area contributed by atoms with E-state index in [1.807, 2.05) is 24.3 Å². The van der Waals surface area contributed by atoms with Gasteiger partial charge in [-0.1, -0.05) is 12.1 Å². The molecule has 0 bridgehead atoms. The Bertz CT molecular complexity index is 747. The first kappa shape index (κ1) is 19.1. The Labute approximate surface area is 152 Å². The summed E-state index contributed by atoms with van der Waals surface area (Å²) in [4.78, 5) is 12.0. The molecular formula is C19H22N2O5. The van der Waals surface area contributed by atoms with Crippen LogP contribution in [-0.2, 0) is 11.2 Å². The second kappa shape index (κ2) is 9.31. The van der Waals surface area contributed by atoms with Gasteiger partial charge in [0.2, 0.25) is 11.7 Å². The molecule has 26 heavy (non-hydrogen) atoms. The normalized spacial score (nSPS) is 10.5. The highest BCUT2D eigenvalue weighted by molar-refractivity contribution is 5.85. The third kappa shape index (κ3) is 4.89. The van der Waals surface area contributed by atoms with E-state index in [4.69, 9.17) is 18.9 Å². The number of methoxy groups -OCH3 is 4. The largest absolute Gasteiger partial charge is 0.497 e. The molecule has 138 valence electrons. The van der Waals surface area contributed by atoms with E-state index >= 15 is 0 Å². The number of carbonyl (C=O) groups is 1. The number of nitrogens with zero attached hydrogens (tertiary/aromatic N) is 1. The molecule has 0 unspecified atom stereocenters. The molecule has 2 rings (SSSR count). The van der Waals surface area contributed by atoms with Gasteiger partial charge in [-0.05, 0) is 29.8 Å². The van der Waals surface area contributed by atoms with Gasteiger partial charge in [0, 0.05) is 5.56 Å². The summed E-state index contributed by atoms with van der Waals surface area (Å²) in [5.74, 6) is 2.04. The molecule has 0 atom stereocenters. The van der Waals surface area contributed by atoms with E-state index < -0.39 is 0 Å². The molecule has 1 amide bonds. The second-order valence-corrected chi connectivity index (χ2v) is 5.28. The van der Waals surface area contributed by atoms with E-state index in [0.717, 1.165) is 11.3 Å². The molecule has 0 spiro atoms. The van der Waals surface area contributed by atoms with Crippen molar-refractivity contribution in [2.45, 2.75) is 6.42 Å². The van der Waals surface area contributed by atoms with E-state index in [1.54, 1.807) is 19.2 Å². The Balaban J connectivity index is 2.01. The zero-order chi connectivity index (χ0) is 18.9. The van der Waals surface area contributed by atoms with Crippen LogP contribution in [-0.4, -0.2) is 40.6 Å². The zero-order valence-electron chi connectivity index (χ0n) is 15.2. The fraction of sp³-hybridized carbons (Fsp3) is 0.263. The smallest absolute Gasteiger partial charge is 0.244 e. The Morgan fingerprint density at radius 3 is 2.08 bits per heavy atom. The van der Waals surface area contributed by atoms with Crippen LogP contribution in [0.25, 0.3) is 0 Å². The molecule has 0 saturated heterocycles. The first-order valence-corrected chi connectivity index (χ1v) is 7.86. The summed E-state index contributed by atoms with van der Waals surface area (Å²) in [7, 11) is 6.21. The van der Waals surface area contributed by atoms with Crippen molar-refractivity contribution >= 4 is 12.1 Å². The number of hydrogen-bond acceptors (Lipinski definition) is 6. The lowest BCUT2D eigenvalue weighted by molar-refractivity contribution is -0.120. The van der Waals surface area contributed by atoms with Gasteiger partial charge in [-0.25, -0.2) is 5.43 Å². The van der Waals surface area contributed by atoms with Crippen molar-refractivity contribution in [1.82, 2.24) is 5.43 Å². The van der Waals surface area contributed by atoms with E-state index in [1.165, 1.54) is 27.5 Å². The van der Waals surface area contributed by atoms with Crippen molar-refractivity contribution in [2.24, 2.45) is 5.10 Å². The number of rotatable bonds is 8. The van der Waals surface area contributed by atoms with E-state index in [-0.39, 0.29) is 12.3 Å². The number of hydrogen-bond donors (Lipinski definition) is 1. The Morgan fingerprint density at radius 1 is 0.962 bits per heavy atom. The quantitative estimate of drug-likeness (QED) is 0.579. The van der Waals surface area contributed by atoms with Crippen molar-refractivity contribution in [2.75, 3.05) is 28.4 Å². The van der Waals surface area contributed by atoms with Gasteiger partial charge in [0.15, 0.2) is 11.5 Å². The Hall–Kier alpha value is -3.22. The minimum absolute atomic E-state index is 0.219. The average Bonchev–Trinajstić information content (AvgIpc) is 2.67. The molecule has 0 saturated carbocycles. The van der Waals surface area contributed by atoms with Crippen LogP contribution in [0.5, 0.6) is 23.0 Å². The van der Waals surface area contributed by atoms with Crippen LogP contribution < -0.4 is 24.4 Å². The van der Waals surface area contributed by atoms with Gasteiger partial charge >= 0.3 is 0 Å². The lowest BCUT2D eigenvalue weighted by Gasteiger charge is -2.12. The van der Waals surface area contributed by atoms with Crippen molar-refractivity contribution in [1.29, 1.82) is 0 Å². The SMILES string of the molecule is COc1ccc(CC(=O)N/N=C\c2cc(OC)c(OC)c(OC)c2)cc1. The number of nitrogens with one attached hydrogen (secondary N) is 1. The summed E-state index contributed by atoms with van der Waals surface area (Å²) < 4.78 is 20.9. The number of hydrazone groups is 1. The molecule has 0 aromatic heterocycles. The Kier molecular flexibility index (Phi) is 6.84. The summed E-state index contributed by atoms with van der Waals surface area (Å²) in [6.45, 7) is 0. The molecule has 0 aliphatic rings. The highest BCUT2D eigenvalue weighted by atomic mass is 16.5. The molecule has 7 nitrogen and oxygen atoms in total. The van der Waals surface area contributed by atoms with Crippen molar-refractivity contribution in [3.05, 3.63) is 47.5 Å². The number of amides is 1. The van der Waals surface area contributed by atoms with E-state index in [9.17, 15) is 4.79 Å². The fourth-order valence-electron chi connectivity index (χ4n) is 2.32. The monoisotopic (exact) mass is 358 g/mol. The van der Waals surface area contributed by atoms with Gasteiger partial charge < -0.3 is 18.9 Å². The Morgan fingerprint density at radius 2 is 1.58 bits per heavy atom. The number of ether oxygens (including phenoxy) is 4. The number of benzene rings is 2. The van der Waals surface area contributed by atoms with Crippen molar-refractivity contribution in [3.63, 3.8) is 0 Å². The molecule has 7 heteroatoms. The first-order valence-electron chi connectivity index (χ1n) is 7.86. The predicted octanol–water partition coefficient (Wildman–Crippen LogP) is 2.41. The average molecular weight is 358 g/mol. The standard InChI is InChI=1S/C19H22N2O5/c1-23-15-7-5-13(6-8-15)11-18(22)21-20-12-14-9-16(24-2)19(26-4)17(10-14)25-3/h5-10,12H,11H2,1-4H3,(H,21,22)/b20-12-. The van der Waals surface area contributed by atoms with Crippen LogP contribution in [0.15, 0.2) is 41.5 Å². The van der Waals surface area contributed by atoms with Gasteiger partial charge in [0.05, 0.1) is 41.1 Å². The van der Waals surface area contributed by atoms with Gasteiger partial charge in [-0.3, -0.25) is 4.79 Å². The predicted molar refractivity (Wildman–Crippen MR) is 98.5 cm³/mol. The summed E-state index contributed by atoms with van der Waals surface area (Å²) >= 11 is 0. The van der Waals surface area contributed by atoms with Gasteiger partial charge in [-0.2, -0.15) is 5.10 Å². The van der Waals surface area contributed by atoms with Crippen LogP contribution in [0.4, 0.5) is 0 Å². The van der Waals surface area contributed by atoms with Crippen LogP contribution in [0.2, 0.25) is 0 Å². The molecule has 1 N–H and O–H groups in total. The summed E-state index contributed by atoms with van der Waals surface area (Å²) in [5.41, 5.74) is 4.06. The third-order valence-electron chi connectivity index (χ3n) is 3.61. The van der Waals surface area contributed by atoms with Crippen LogP contribution in [0.1, 0.15) is 11.1 Å². The lowest BCUT2D eigenvalue weighted by atomic mass is 10.1. The maximum atomic E-state index is 12.0. The molecule has 0 heterocycles. The molecule has 0 fully saturated rings. The summed E-state index contributed by atoms with van der Waals surface area (Å²) in [6.07, 6.45) is 1.73. The maximum absolute atomic E-state index is 12.0. The first-order chi connectivity index (χ1) is 12.6.